The maximum absolute atomic E-state index is 11.3. The lowest BCUT2D eigenvalue weighted by Crippen LogP contribution is -2.22. The third-order valence-electron chi connectivity index (χ3n) is 4.63. The van der Waals surface area contributed by atoms with Crippen LogP contribution in [-0.2, 0) is 0 Å². The monoisotopic (exact) mass is 571 g/mol. The normalized spacial score (nSPS) is 13.2. The lowest BCUT2D eigenvalue weighted by atomic mass is 10.2. The van der Waals surface area contributed by atoms with Crippen molar-refractivity contribution in [1.82, 2.24) is 9.29 Å². The van der Waals surface area contributed by atoms with Crippen molar-refractivity contribution in [3.63, 3.8) is 0 Å². The summed E-state index contributed by atoms with van der Waals surface area (Å²) in [5.74, 6) is -0.783. The number of carboxylic acids is 1. The number of aromatic carboxylic acids is 1. The summed E-state index contributed by atoms with van der Waals surface area (Å²) >= 11 is 18.5. The van der Waals surface area contributed by atoms with Gasteiger partial charge in [0.05, 0.1) is 10.6 Å². The highest BCUT2D eigenvalue weighted by atomic mass is 35.5. The van der Waals surface area contributed by atoms with Crippen LogP contribution in [0.5, 0.6) is 0 Å². The number of hydrogen-bond donors (Lipinski definition) is 4. The van der Waals surface area contributed by atoms with Gasteiger partial charge in [-0.2, -0.15) is 0 Å². The number of pyridine rings is 1. The zero-order valence-electron chi connectivity index (χ0n) is 19.0. The van der Waals surface area contributed by atoms with E-state index in [9.17, 15) is 9.90 Å². The van der Waals surface area contributed by atoms with Crippen LogP contribution in [0.3, 0.4) is 0 Å². The van der Waals surface area contributed by atoms with Crippen LogP contribution in [0.4, 0.5) is 5.82 Å². The SMILES string of the molecule is CO.Nc1cc(C(=O)O)c(Sc2ccc(SN3CCCCC3)cc2)cn1.Sc1ccc(Cl)cc1Cl. The maximum Gasteiger partial charge on any atom is 0.337 e. The first kappa shape index (κ1) is 29.6. The third-order valence-corrected chi connectivity index (χ3v) is 7.86. The second kappa shape index (κ2) is 15.5. The number of aromatic nitrogens is 1. The number of anilines is 1. The van der Waals surface area contributed by atoms with Crippen molar-refractivity contribution >= 4 is 71.3 Å². The Bertz CT molecular complexity index is 1100. The standard InChI is InChI=1S/C17H19N3O2S2.C6H4Cl2S.CH4O/c18-16-10-14(17(21)22)15(11-19-16)23-12-4-6-13(7-5-12)24-20-8-2-1-3-9-20;7-4-1-2-6(9)5(8)3-4;1-2/h4-7,10-11H,1-3,8-9H2,(H2,18,19)(H,21,22);1-3,9H;2H,1H3. The van der Waals surface area contributed by atoms with E-state index < -0.39 is 5.97 Å². The molecule has 4 rings (SSSR count). The predicted octanol–water partition coefficient (Wildman–Crippen LogP) is 6.90. The number of nitrogens with two attached hydrogens (primary N) is 1. The molecular formula is C24H27Cl2N3O3S3. The molecule has 1 aromatic heterocycles. The van der Waals surface area contributed by atoms with Gasteiger partial charge in [0.1, 0.15) is 5.82 Å². The second-order valence-electron chi connectivity index (χ2n) is 7.16. The lowest BCUT2D eigenvalue weighted by Gasteiger charge is -2.25. The fraction of sp³-hybridized carbons (Fsp3) is 0.250. The van der Waals surface area contributed by atoms with Crippen molar-refractivity contribution in [2.45, 2.75) is 38.8 Å². The molecule has 2 heterocycles. The lowest BCUT2D eigenvalue weighted by molar-refractivity contribution is 0.0693. The van der Waals surface area contributed by atoms with E-state index in [1.165, 1.54) is 48.2 Å². The summed E-state index contributed by atoms with van der Waals surface area (Å²) in [4.78, 5) is 18.9. The van der Waals surface area contributed by atoms with Crippen LogP contribution in [0, 0.1) is 0 Å². The molecule has 0 amide bonds. The number of halogens is 2. The summed E-state index contributed by atoms with van der Waals surface area (Å²) in [6.07, 6.45) is 5.38. The Morgan fingerprint density at radius 3 is 2.23 bits per heavy atom. The van der Waals surface area contributed by atoms with Crippen LogP contribution in [0.25, 0.3) is 0 Å². The largest absolute Gasteiger partial charge is 0.478 e. The molecule has 11 heteroatoms. The van der Waals surface area contributed by atoms with Crippen LogP contribution in [-0.4, -0.2) is 45.7 Å². The molecule has 0 unspecified atom stereocenters. The van der Waals surface area contributed by atoms with Crippen molar-refractivity contribution in [3.05, 3.63) is 70.3 Å². The van der Waals surface area contributed by atoms with E-state index in [0.717, 1.165) is 30.0 Å². The van der Waals surface area contributed by atoms with Gasteiger partial charge in [-0.15, -0.1) is 12.6 Å². The average molecular weight is 573 g/mol. The van der Waals surface area contributed by atoms with Crippen LogP contribution < -0.4 is 5.73 Å². The molecule has 2 aromatic carbocycles. The van der Waals surface area contributed by atoms with Crippen molar-refractivity contribution in [1.29, 1.82) is 0 Å². The molecule has 188 valence electrons. The quantitative estimate of drug-likeness (QED) is 0.194. The highest BCUT2D eigenvalue weighted by Gasteiger charge is 2.14. The maximum atomic E-state index is 11.3. The fourth-order valence-corrected chi connectivity index (χ4v) is 5.42. The summed E-state index contributed by atoms with van der Waals surface area (Å²) in [5.41, 5.74) is 5.76. The molecule has 6 nitrogen and oxygen atoms in total. The van der Waals surface area contributed by atoms with Gasteiger partial charge in [0.25, 0.3) is 0 Å². The number of nitrogen functional groups attached to an aromatic ring is 1. The van der Waals surface area contributed by atoms with E-state index >= 15 is 0 Å². The van der Waals surface area contributed by atoms with Gasteiger partial charge in [0, 0.05) is 51.0 Å². The van der Waals surface area contributed by atoms with E-state index in [4.69, 9.17) is 34.0 Å². The van der Waals surface area contributed by atoms with Crippen molar-refractivity contribution < 1.29 is 15.0 Å². The third kappa shape index (κ3) is 10.1. The van der Waals surface area contributed by atoms with Crippen molar-refractivity contribution in [3.8, 4) is 0 Å². The molecule has 0 atom stereocenters. The number of thiol groups is 1. The first-order valence-corrected chi connectivity index (χ1v) is 13.4. The predicted molar refractivity (Wildman–Crippen MR) is 149 cm³/mol. The minimum Gasteiger partial charge on any atom is -0.478 e. The first-order chi connectivity index (χ1) is 16.8. The number of aliphatic hydroxyl groups excluding tert-OH is 1. The fourth-order valence-electron chi connectivity index (χ4n) is 2.99. The topological polar surface area (TPSA) is 99.7 Å². The van der Waals surface area contributed by atoms with Crippen LogP contribution in [0.2, 0.25) is 10.0 Å². The van der Waals surface area contributed by atoms with Gasteiger partial charge >= 0.3 is 5.97 Å². The molecule has 1 saturated heterocycles. The number of hydrogen-bond acceptors (Lipinski definition) is 8. The Kier molecular flexibility index (Phi) is 13.1. The van der Waals surface area contributed by atoms with Gasteiger partial charge in [0.2, 0.25) is 0 Å². The summed E-state index contributed by atoms with van der Waals surface area (Å²) in [5, 5.41) is 17.5. The summed E-state index contributed by atoms with van der Waals surface area (Å²) in [6.45, 7) is 2.28. The Labute approximate surface area is 229 Å². The molecule has 4 N–H and O–H groups in total. The van der Waals surface area contributed by atoms with Crippen LogP contribution >= 0.6 is 59.5 Å². The molecule has 3 aromatic rings. The van der Waals surface area contributed by atoms with E-state index in [2.05, 4.69) is 34.1 Å². The summed E-state index contributed by atoms with van der Waals surface area (Å²) in [7, 11) is 1.00. The molecule has 0 bridgehead atoms. The highest BCUT2D eigenvalue weighted by molar-refractivity contribution is 7.99. The van der Waals surface area contributed by atoms with Gasteiger partial charge in [-0.1, -0.05) is 41.4 Å². The molecule has 0 aliphatic carbocycles. The number of aliphatic hydroxyl groups is 1. The second-order valence-corrected chi connectivity index (χ2v) is 10.8. The van der Waals surface area contributed by atoms with Gasteiger partial charge in [0.15, 0.2) is 0 Å². The average Bonchev–Trinajstić information content (AvgIpc) is 2.86. The number of piperidine rings is 1. The zero-order valence-corrected chi connectivity index (χ0v) is 23.1. The molecule has 0 radical (unpaired) electrons. The number of rotatable bonds is 5. The Balaban J connectivity index is 0.000000329. The van der Waals surface area contributed by atoms with E-state index in [-0.39, 0.29) is 11.4 Å². The minimum atomic E-state index is -0.996. The van der Waals surface area contributed by atoms with Gasteiger partial charge < -0.3 is 15.9 Å². The Hall–Kier alpha value is -1.59. The van der Waals surface area contributed by atoms with Crippen molar-refractivity contribution in [2.75, 3.05) is 25.9 Å². The molecule has 1 aliphatic heterocycles. The zero-order chi connectivity index (χ0) is 25.8. The number of carbonyl (C=O) groups is 1. The van der Waals surface area contributed by atoms with E-state index in [1.807, 2.05) is 12.1 Å². The Morgan fingerprint density at radius 1 is 1.03 bits per heavy atom. The number of carboxylic acid groups (broad SMARTS) is 1. The molecular weight excluding hydrogens is 545 g/mol. The summed E-state index contributed by atoms with van der Waals surface area (Å²) < 4.78 is 2.40. The van der Waals surface area contributed by atoms with Crippen molar-refractivity contribution in [2.24, 2.45) is 0 Å². The van der Waals surface area contributed by atoms with E-state index in [0.29, 0.717) is 14.9 Å². The van der Waals surface area contributed by atoms with Gasteiger partial charge in [-0.25, -0.2) is 14.1 Å². The smallest absolute Gasteiger partial charge is 0.337 e. The highest BCUT2D eigenvalue weighted by Crippen LogP contribution is 2.33. The van der Waals surface area contributed by atoms with Crippen LogP contribution in [0.1, 0.15) is 29.6 Å². The number of benzene rings is 2. The van der Waals surface area contributed by atoms with Gasteiger partial charge in [-0.05, 0) is 73.3 Å². The van der Waals surface area contributed by atoms with Gasteiger partial charge in [-0.3, -0.25) is 0 Å². The summed E-state index contributed by atoms with van der Waals surface area (Å²) in [6, 6.07) is 14.7. The molecule has 0 spiro atoms. The van der Waals surface area contributed by atoms with Crippen LogP contribution in [0.15, 0.2) is 74.3 Å². The molecule has 1 aliphatic rings. The Morgan fingerprint density at radius 2 is 1.66 bits per heavy atom. The number of nitrogens with zero attached hydrogens (tertiary/aromatic N) is 2. The molecule has 0 saturated carbocycles. The minimum absolute atomic E-state index is 0.180. The molecule has 35 heavy (non-hydrogen) atoms. The molecule has 1 fully saturated rings. The first-order valence-electron chi connectivity index (χ1n) is 10.6. The van der Waals surface area contributed by atoms with E-state index in [1.54, 1.807) is 30.1 Å².